The number of hydrogen-bond acceptors (Lipinski definition) is 1. The minimum Gasteiger partial charge on any atom is -0.357 e. The summed E-state index contributed by atoms with van der Waals surface area (Å²) in [5, 5.41) is 3.76. The second-order valence-electron chi connectivity index (χ2n) is 5.90. The van der Waals surface area contributed by atoms with Gasteiger partial charge in [-0.25, -0.2) is 4.39 Å². The van der Waals surface area contributed by atoms with E-state index in [2.05, 4.69) is 10.3 Å². The second-order valence-corrected chi connectivity index (χ2v) is 5.90. The van der Waals surface area contributed by atoms with E-state index in [1.54, 1.807) is 6.07 Å². The minimum absolute atomic E-state index is 0.123. The number of aromatic amines is 1. The number of amides is 1. The van der Waals surface area contributed by atoms with Crippen molar-refractivity contribution in [2.24, 2.45) is 5.92 Å². The fraction of sp³-hybridized carbons (Fsp3) is 0.438. The van der Waals surface area contributed by atoms with E-state index in [9.17, 15) is 9.18 Å². The molecule has 0 bridgehead atoms. The van der Waals surface area contributed by atoms with Crippen molar-refractivity contribution in [1.29, 1.82) is 0 Å². The Hall–Kier alpha value is -1.84. The highest BCUT2D eigenvalue weighted by atomic mass is 19.1. The van der Waals surface area contributed by atoms with Crippen molar-refractivity contribution in [3.8, 4) is 0 Å². The molecule has 0 aliphatic heterocycles. The second kappa shape index (κ2) is 4.93. The van der Waals surface area contributed by atoms with Crippen LogP contribution in [-0.4, -0.2) is 10.9 Å². The van der Waals surface area contributed by atoms with Crippen LogP contribution in [0.1, 0.15) is 43.9 Å². The first-order valence-corrected chi connectivity index (χ1v) is 7.13. The fourth-order valence-electron chi connectivity index (χ4n) is 2.44. The van der Waals surface area contributed by atoms with E-state index in [1.807, 2.05) is 26.0 Å². The lowest BCUT2D eigenvalue weighted by Crippen LogP contribution is -2.24. The monoisotopic (exact) mass is 274 g/mol. The Bertz CT molecular complexity index is 656. The number of aromatic nitrogens is 1. The third-order valence-electron chi connectivity index (χ3n) is 3.82. The molecule has 1 amide bonds. The summed E-state index contributed by atoms with van der Waals surface area (Å²) in [6, 6.07) is 5.32. The highest BCUT2D eigenvalue weighted by Gasteiger charge is 2.29. The zero-order chi connectivity index (χ0) is 14.3. The van der Waals surface area contributed by atoms with Crippen LogP contribution in [0.3, 0.4) is 0 Å². The number of H-pyrrole nitrogens is 1. The first-order valence-electron chi connectivity index (χ1n) is 7.13. The molecule has 1 aromatic carbocycles. The molecule has 1 heterocycles. The van der Waals surface area contributed by atoms with Gasteiger partial charge in [0.05, 0.1) is 6.54 Å². The summed E-state index contributed by atoms with van der Waals surface area (Å²) in [4.78, 5) is 14.9. The number of halogens is 1. The predicted octanol–water partition coefficient (Wildman–Crippen LogP) is 3.46. The summed E-state index contributed by atoms with van der Waals surface area (Å²) in [7, 11) is 0. The van der Waals surface area contributed by atoms with Gasteiger partial charge in [0.1, 0.15) is 5.82 Å². The van der Waals surface area contributed by atoms with E-state index in [1.165, 1.54) is 0 Å². The van der Waals surface area contributed by atoms with Crippen molar-refractivity contribution >= 4 is 16.8 Å². The Kier molecular flexibility index (Phi) is 3.24. The average Bonchev–Trinajstić information content (AvgIpc) is 3.16. The Morgan fingerprint density at radius 3 is 2.80 bits per heavy atom. The molecule has 0 radical (unpaired) electrons. The zero-order valence-corrected chi connectivity index (χ0v) is 11.8. The standard InChI is InChI=1S/C16H19FN2O/c1-9(2)13-7-15-11(6-14(13)17)5-12(19-15)8-18-16(20)10-3-4-10/h5-7,9-10,19H,3-4,8H2,1-2H3,(H,18,20). The number of fused-ring (bicyclic) bond motifs is 1. The number of benzene rings is 1. The van der Waals surface area contributed by atoms with Gasteiger partial charge in [0.15, 0.2) is 0 Å². The summed E-state index contributed by atoms with van der Waals surface area (Å²) in [6.45, 7) is 4.43. The van der Waals surface area contributed by atoms with E-state index < -0.39 is 0 Å². The Morgan fingerprint density at radius 1 is 1.40 bits per heavy atom. The number of carbonyl (C=O) groups is 1. The Morgan fingerprint density at radius 2 is 2.15 bits per heavy atom. The van der Waals surface area contributed by atoms with Crippen molar-refractivity contribution < 1.29 is 9.18 Å². The molecular formula is C16H19FN2O. The van der Waals surface area contributed by atoms with Gasteiger partial charge in [0, 0.05) is 22.5 Å². The van der Waals surface area contributed by atoms with Crippen molar-refractivity contribution in [2.45, 2.75) is 39.2 Å². The van der Waals surface area contributed by atoms with Crippen LogP contribution < -0.4 is 5.32 Å². The van der Waals surface area contributed by atoms with Gasteiger partial charge in [-0.3, -0.25) is 4.79 Å². The average molecular weight is 274 g/mol. The van der Waals surface area contributed by atoms with E-state index in [0.29, 0.717) is 12.1 Å². The van der Waals surface area contributed by atoms with Crippen molar-refractivity contribution in [3.05, 3.63) is 35.3 Å². The van der Waals surface area contributed by atoms with E-state index in [0.717, 1.165) is 29.4 Å². The molecule has 1 fully saturated rings. The molecule has 0 saturated heterocycles. The number of rotatable bonds is 4. The summed E-state index contributed by atoms with van der Waals surface area (Å²) < 4.78 is 13.9. The molecule has 1 saturated carbocycles. The third-order valence-corrected chi connectivity index (χ3v) is 3.82. The molecule has 106 valence electrons. The first kappa shape index (κ1) is 13.2. The quantitative estimate of drug-likeness (QED) is 0.881. The van der Waals surface area contributed by atoms with Gasteiger partial charge in [0.2, 0.25) is 5.91 Å². The van der Waals surface area contributed by atoms with Gasteiger partial charge in [-0.05, 0) is 42.5 Å². The van der Waals surface area contributed by atoms with Crippen LogP contribution in [0.15, 0.2) is 18.2 Å². The zero-order valence-electron chi connectivity index (χ0n) is 11.8. The Balaban J connectivity index is 1.80. The summed E-state index contributed by atoms with van der Waals surface area (Å²) in [5.74, 6) is 0.322. The molecule has 1 aliphatic rings. The lowest BCUT2D eigenvalue weighted by molar-refractivity contribution is -0.122. The lowest BCUT2D eigenvalue weighted by Gasteiger charge is -2.06. The van der Waals surface area contributed by atoms with Gasteiger partial charge < -0.3 is 10.3 Å². The maximum absolute atomic E-state index is 13.9. The summed E-state index contributed by atoms with van der Waals surface area (Å²) in [5.41, 5.74) is 2.55. The smallest absolute Gasteiger partial charge is 0.223 e. The van der Waals surface area contributed by atoms with Crippen LogP contribution in [0.2, 0.25) is 0 Å². The fourth-order valence-corrected chi connectivity index (χ4v) is 2.44. The summed E-state index contributed by atoms with van der Waals surface area (Å²) >= 11 is 0. The third kappa shape index (κ3) is 2.55. The lowest BCUT2D eigenvalue weighted by atomic mass is 10.0. The molecule has 1 aliphatic carbocycles. The molecule has 2 N–H and O–H groups in total. The molecule has 0 atom stereocenters. The van der Waals surface area contributed by atoms with Crippen LogP contribution in [0.25, 0.3) is 10.9 Å². The molecular weight excluding hydrogens is 255 g/mol. The van der Waals surface area contributed by atoms with Crippen molar-refractivity contribution in [1.82, 2.24) is 10.3 Å². The van der Waals surface area contributed by atoms with E-state index in [-0.39, 0.29) is 23.6 Å². The van der Waals surface area contributed by atoms with E-state index >= 15 is 0 Å². The number of hydrogen-bond donors (Lipinski definition) is 2. The normalized spacial score (nSPS) is 15.0. The van der Waals surface area contributed by atoms with Crippen molar-refractivity contribution in [2.75, 3.05) is 0 Å². The SMILES string of the molecule is CC(C)c1cc2[nH]c(CNC(=O)C3CC3)cc2cc1F. The molecule has 2 aromatic rings. The maximum atomic E-state index is 13.9. The van der Waals surface area contributed by atoms with Gasteiger partial charge >= 0.3 is 0 Å². The molecule has 3 nitrogen and oxygen atoms in total. The molecule has 0 spiro atoms. The predicted molar refractivity (Wildman–Crippen MR) is 76.9 cm³/mol. The van der Waals surface area contributed by atoms with Crippen molar-refractivity contribution in [3.63, 3.8) is 0 Å². The van der Waals surface area contributed by atoms with Crippen LogP contribution in [0.4, 0.5) is 4.39 Å². The molecule has 3 rings (SSSR count). The molecule has 4 heteroatoms. The van der Waals surface area contributed by atoms with Gasteiger partial charge in [-0.1, -0.05) is 13.8 Å². The number of nitrogens with one attached hydrogen (secondary N) is 2. The maximum Gasteiger partial charge on any atom is 0.223 e. The van der Waals surface area contributed by atoms with Crippen LogP contribution in [0, 0.1) is 11.7 Å². The van der Waals surface area contributed by atoms with E-state index in [4.69, 9.17) is 0 Å². The van der Waals surface area contributed by atoms with Crippen LogP contribution in [0.5, 0.6) is 0 Å². The minimum atomic E-state index is -0.167. The molecule has 20 heavy (non-hydrogen) atoms. The van der Waals surface area contributed by atoms with Gasteiger partial charge in [0.25, 0.3) is 0 Å². The topological polar surface area (TPSA) is 44.9 Å². The largest absolute Gasteiger partial charge is 0.357 e. The Labute approximate surface area is 117 Å². The van der Waals surface area contributed by atoms with Gasteiger partial charge in [-0.2, -0.15) is 0 Å². The van der Waals surface area contributed by atoms with Crippen LogP contribution in [-0.2, 0) is 11.3 Å². The number of carbonyl (C=O) groups excluding carboxylic acids is 1. The highest BCUT2D eigenvalue weighted by molar-refractivity contribution is 5.83. The molecule has 1 aromatic heterocycles. The highest BCUT2D eigenvalue weighted by Crippen LogP contribution is 2.29. The van der Waals surface area contributed by atoms with Crippen LogP contribution >= 0.6 is 0 Å². The first-order chi connectivity index (χ1) is 9.54. The molecule has 0 unspecified atom stereocenters. The van der Waals surface area contributed by atoms with Gasteiger partial charge in [-0.15, -0.1) is 0 Å². The summed E-state index contributed by atoms with van der Waals surface area (Å²) in [6.07, 6.45) is 2.00.